The van der Waals surface area contributed by atoms with Crippen LogP contribution in [-0.4, -0.2) is 9.55 Å². The fourth-order valence-electron chi connectivity index (χ4n) is 2.65. The van der Waals surface area contributed by atoms with Crippen LogP contribution < -0.4 is 11.3 Å². The van der Waals surface area contributed by atoms with Crippen LogP contribution in [0.2, 0.25) is 0 Å². The van der Waals surface area contributed by atoms with Crippen molar-refractivity contribution >= 4 is 16.5 Å². The second-order valence-corrected chi connectivity index (χ2v) is 5.39. The number of anilines is 1. The van der Waals surface area contributed by atoms with E-state index < -0.39 is 0 Å². The first-order chi connectivity index (χ1) is 8.70. The van der Waals surface area contributed by atoms with Crippen molar-refractivity contribution in [3.63, 3.8) is 0 Å². The summed E-state index contributed by atoms with van der Waals surface area (Å²) in [6.07, 6.45) is 3.21. The summed E-state index contributed by atoms with van der Waals surface area (Å²) < 4.78 is 1.88. The summed E-state index contributed by atoms with van der Waals surface area (Å²) in [7, 11) is 0. The molecule has 18 heavy (non-hydrogen) atoms. The number of fused-ring (bicyclic) bond motifs is 1. The Balaban J connectivity index is 2.25. The van der Waals surface area contributed by atoms with Crippen LogP contribution in [0.4, 0.5) is 5.13 Å². The molecule has 2 aromatic rings. The molecule has 0 aromatic carbocycles. The highest BCUT2D eigenvalue weighted by molar-refractivity contribution is 7.13. The molecule has 0 spiro atoms. The Morgan fingerprint density at radius 2 is 2.33 bits per heavy atom. The van der Waals surface area contributed by atoms with E-state index in [2.05, 4.69) is 4.98 Å². The van der Waals surface area contributed by atoms with Crippen LogP contribution >= 0.6 is 11.3 Å². The van der Waals surface area contributed by atoms with E-state index in [1.165, 1.54) is 22.6 Å². The largest absolute Gasteiger partial charge is 0.375 e. The van der Waals surface area contributed by atoms with Gasteiger partial charge in [0.1, 0.15) is 0 Å². The van der Waals surface area contributed by atoms with Crippen molar-refractivity contribution in [1.82, 2.24) is 9.55 Å². The molecule has 0 bridgehead atoms. The van der Waals surface area contributed by atoms with Crippen LogP contribution in [0.15, 0.2) is 16.2 Å². The molecule has 0 unspecified atom stereocenters. The molecular weight excluding hydrogens is 246 g/mol. The zero-order valence-electron chi connectivity index (χ0n) is 10.3. The standard InChI is InChI=1S/C13H15N3OS/c1-2-16-11-5-3-4-8(11)6-9(12(16)17)10-7-18-13(14)15-10/h6-7H,2-5H2,1H3,(H2,14,15). The predicted octanol–water partition coefficient (Wildman–Crippen LogP) is 2.06. The lowest BCUT2D eigenvalue weighted by atomic mass is 10.1. The zero-order chi connectivity index (χ0) is 12.7. The molecule has 2 heterocycles. The first-order valence-electron chi connectivity index (χ1n) is 6.17. The van der Waals surface area contributed by atoms with Gasteiger partial charge in [-0.05, 0) is 37.8 Å². The number of hydrogen-bond donors (Lipinski definition) is 1. The van der Waals surface area contributed by atoms with E-state index in [0.717, 1.165) is 19.3 Å². The SMILES string of the molecule is CCn1c2c(cc(-c3csc(N)n3)c1=O)CCC2. The number of hydrogen-bond acceptors (Lipinski definition) is 4. The van der Waals surface area contributed by atoms with Gasteiger partial charge in [0.05, 0.1) is 11.3 Å². The van der Waals surface area contributed by atoms with E-state index in [1.54, 1.807) is 0 Å². The highest BCUT2D eigenvalue weighted by atomic mass is 32.1. The van der Waals surface area contributed by atoms with Gasteiger partial charge in [-0.1, -0.05) is 0 Å². The third-order valence-electron chi connectivity index (χ3n) is 3.46. The van der Waals surface area contributed by atoms with Crippen molar-refractivity contribution in [2.45, 2.75) is 32.7 Å². The van der Waals surface area contributed by atoms with Gasteiger partial charge in [-0.2, -0.15) is 0 Å². The summed E-state index contributed by atoms with van der Waals surface area (Å²) in [5, 5.41) is 2.36. The summed E-state index contributed by atoms with van der Waals surface area (Å²) in [5.74, 6) is 0. The fraction of sp³-hybridized carbons (Fsp3) is 0.385. The Labute approximate surface area is 109 Å². The normalized spacial score (nSPS) is 13.8. The summed E-state index contributed by atoms with van der Waals surface area (Å²) in [5.41, 5.74) is 9.59. The minimum Gasteiger partial charge on any atom is -0.375 e. The van der Waals surface area contributed by atoms with Crippen LogP contribution in [0.5, 0.6) is 0 Å². The van der Waals surface area contributed by atoms with Gasteiger partial charge in [-0.3, -0.25) is 4.79 Å². The molecule has 0 saturated heterocycles. The number of rotatable bonds is 2. The van der Waals surface area contributed by atoms with Gasteiger partial charge in [-0.15, -0.1) is 11.3 Å². The third kappa shape index (κ3) is 1.66. The van der Waals surface area contributed by atoms with Gasteiger partial charge in [0.15, 0.2) is 5.13 Å². The van der Waals surface area contributed by atoms with Crippen LogP contribution in [-0.2, 0) is 19.4 Å². The Morgan fingerprint density at radius 1 is 1.50 bits per heavy atom. The maximum atomic E-state index is 12.5. The van der Waals surface area contributed by atoms with Gasteiger partial charge in [-0.25, -0.2) is 4.98 Å². The number of aromatic nitrogens is 2. The molecule has 4 nitrogen and oxygen atoms in total. The molecule has 0 amide bonds. The molecule has 2 aromatic heterocycles. The van der Waals surface area contributed by atoms with E-state index >= 15 is 0 Å². The van der Waals surface area contributed by atoms with Crippen LogP contribution in [0.25, 0.3) is 11.3 Å². The number of thiazole rings is 1. The summed E-state index contributed by atoms with van der Waals surface area (Å²) in [4.78, 5) is 16.7. The van der Waals surface area contributed by atoms with Crippen LogP contribution in [0.1, 0.15) is 24.6 Å². The average molecular weight is 261 g/mol. The molecule has 0 aliphatic heterocycles. The van der Waals surface area contributed by atoms with E-state index in [4.69, 9.17) is 5.73 Å². The average Bonchev–Trinajstić information content (AvgIpc) is 2.96. The minimum absolute atomic E-state index is 0.0588. The third-order valence-corrected chi connectivity index (χ3v) is 4.14. The molecular formula is C13H15N3OS. The molecule has 0 fully saturated rings. The smallest absolute Gasteiger partial charge is 0.260 e. The second-order valence-electron chi connectivity index (χ2n) is 4.50. The Kier molecular flexibility index (Phi) is 2.70. The van der Waals surface area contributed by atoms with Crippen molar-refractivity contribution in [3.8, 4) is 11.3 Å². The molecule has 0 atom stereocenters. The number of nitrogen functional groups attached to an aromatic ring is 1. The minimum atomic E-state index is 0.0588. The number of nitrogens with two attached hydrogens (primary N) is 1. The number of pyridine rings is 1. The van der Waals surface area contributed by atoms with Crippen LogP contribution in [0.3, 0.4) is 0 Å². The van der Waals surface area contributed by atoms with E-state index in [9.17, 15) is 4.79 Å². The molecule has 5 heteroatoms. The van der Waals surface area contributed by atoms with Crippen molar-refractivity contribution in [1.29, 1.82) is 0 Å². The van der Waals surface area contributed by atoms with E-state index in [0.29, 0.717) is 22.9 Å². The topological polar surface area (TPSA) is 60.9 Å². The Morgan fingerprint density at radius 3 is 3.00 bits per heavy atom. The number of nitrogens with zero attached hydrogens (tertiary/aromatic N) is 2. The summed E-state index contributed by atoms with van der Waals surface area (Å²) in [6.45, 7) is 2.73. The summed E-state index contributed by atoms with van der Waals surface area (Å²) in [6, 6.07) is 2.01. The van der Waals surface area contributed by atoms with Crippen molar-refractivity contribution in [2.75, 3.05) is 5.73 Å². The van der Waals surface area contributed by atoms with Crippen LogP contribution in [0, 0.1) is 0 Å². The van der Waals surface area contributed by atoms with E-state index in [-0.39, 0.29) is 5.56 Å². The number of aryl methyl sites for hydroxylation is 1. The second kappa shape index (κ2) is 4.24. The van der Waals surface area contributed by atoms with Gasteiger partial charge < -0.3 is 10.3 Å². The van der Waals surface area contributed by atoms with Crippen molar-refractivity contribution < 1.29 is 0 Å². The van der Waals surface area contributed by atoms with Crippen molar-refractivity contribution in [2.24, 2.45) is 0 Å². The van der Waals surface area contributed by atoms with E-state index in [1.807, 2.05) is 22.9 Å². The molecule has 1 aliphatic rings. The lowest BCUT2D eigenvalue weighted by molar-refractivity contribution is 0.683. The fourth-order valence-corrected chi connectivity index (χ4v) is 3.21. The Bertz CT molecular complexity index is 657. The highest BCUT2D eigenvalue weighted by Gasteiger charge is 2.19. The maximum Gasteiger partial charge on any atom is 0.260 e. The molecule has 3 rings (SSSR count). The quantitative estimate of drug-likeness (QED) is 0.900. The predicted molar refractivity (Wildman–Crippen MR) is 73.9 cm³/mol. The highest BCUT2D eigenvalue weighted by Crippen LogP contribution is 2.26. The lowest BCUT2D eigenvalue weighted by Gasteiger charge is -2.11. The Hall–Kier alpha value is -1.62. The molecule has 1 aliphatic carbocycles. The maximum absolute atomic E-state index is 12.5. The lowest BCUT2D eigenvalue weighted by Crippen LogP contribution is -2.24. The van der Waals surface area contributed by atoms with Gasteiger partial charge >= 0.3 is 0 Å². The zero-order valence-corrected chi connectivity index (χ0v) is 11.1. The van der Waals surface area contributed by atoms with Gasteiger partial charge in [0, 0.05) is 17.6 Å². The van der Waals surface area contributed by atoms with Gasteiger partial charge in [0.25, 0.3) is 5.56 Å². The monoisotopic (exact) mass is 261 g/mol. The first kappa shape index (κ1) is 11.5. The summed E-state index contributed by atoms with van der Waals surface area (Å²) >= 11 is 1.37. The van der Waals surface area contributed by atoms with Gasteiger partial charge in [0.2, 0.25) is 0 Å². The van der Waals surface area contributed by atoms with Crippen molar-refractivity contribution in [3.05, 3.63) is 33.1 Å². The molecule has 94 valence electrons. The molecule has 0 radical (unpaired) electrons. The first-order valence-corrected chi connectivity index (χ1v) is 7.05. The molecule has 0 saturated carbocycles. The molecule has 2 N–H and O–H groups in total.